The van der Waals surface area contributed by atoms with E-state index in [1.165, 1.54) is 18.2 Å². The Morgan fingerprint density at radius 3 is 2.29 bits per heavy atom. The minimum Gasteiger partial charge on any atom is -0.383 e. The number of hydrogen-bond acceptors (Lipinski definition) is 1. The zero-order chi connectivity index (χ0) is 10.8. The summed E-state index contributed by atoms with van der Waals surface area (Å²) in [4.78, 5) is 0. The van der Waals surface area contributed by atoms with Gasteiger partial charge in [-0.25, -0.2) is 4.39 Å². The molecule has 1 rings (SSSR count). The van der Waals surface area contributed by atoms with Gasteiger partial charge in [0.25, 0.3) is 0 Å². The fraction of sp³-hybridized carbons (Fsp3) is 0.333. The van der Waals surface area contributed by atoms with Crippen LogP contribution in [0.2, 0.25) is 0 Å². The van der Waals surface area contributed by atoms with E-state index in [2.05, 4.69) is 0 Å². The zero-order valence-corrected chi connectivity index (χ0v) is 7.05. The van der Waals surface area contributed by atoms with Gasteiger partial charge < -0.3 is 5.11 Å². The second-order valence-electron chi connectivity index (χ2n) is 2.85. The lowest BCUT2D eigenvalue weighted by molar-refractivity contribution is -0.203. The maximum Gasteiger partial charge on any atom is 0.414 e. The molecule has 5 heteroatoms. The van der Waals surface area contributed by atoms with Gasteiger partial charge in [0, 0.05) is 6.42 Å². The second-order valence-corrected chi connectivity index (χ2v) is 2.85. The Hall–Kier alpha value is -1.10. The summed E-state index contributed by atoms with van der Waals surface area (Å²) in [5, 5.41) is 8.67. The standard InChI is InChI=1S/C9H8F4O/c10-7-4-2-1-3-6(7)5-8(14)9(11,12)13/h1-4,8,14H,5H2/t8-/m0/s1. The molecule has 1 aromatic carbocycles. The average molecular weight is 208 g/mol. The molecule has 14 heavy (non-hydrogen) atoms. The second kappa shape index (κ2) is 3.96. The lowest BCUT2D eigenvalue weighted by atomic mass is 10.1. The third-order valence-electron chi connectivity index (χ3n) is 1.75. The summed E-state index contributed by atoms with van der Waals surface area (Å²) in [7, 11) is 0. The number of aliphatic hydroxyl groups is 1. The van der Waals surface area contributed by atoms with E-state index in [1.807, 2.05) is 0 Å². The van der Waals surface area contributed by atoms with E-state index in [0.29, 0.717) is 0 Å². The Balaban J connectivity index is 2.75. The van der Waals surface area contributed by atoms with E-state index >= 15 is 0 Å². The number of halogens is 4. The molecular formula is C9H8F4O. The predicted molar refractivity (Wildman–Crippen MR) is 42.2 cm³/mol. The fourth-order valence-electron chi connectivity index (χ4n) is 0.988. The number of hydrogen-bond donors (Lipinski definition) is 1. The Kier molecular flexibility index (Phi) is 3.10. The first-order valence-corrected chi connectivity index (χ1v) is 3.89. The van der Waals surface area contributed by atoms with Crippen LogP contribution in [0.4, 0.5) is 17.6 Å². The van der Waals surface area contributed by atoms with Crippen molar-refractivity contribution in [2.75, 3.05) is 0 Å². The maximum atomic E-state index is 12.9. The van der Waals surface area contributed by atoms with Crippen LogP contribution in [0, 0.1) is 5.82 Å². The van der Waals surface area contributed by atoms with Crippen LogP contribution in [-0.4, -0.2) is 17.4 Å². The zero-order valence-electron chi connectivity index (χ0n) is 7.05. The van der Waals surface area contributed by atoms with Crippen LogP contribution in [0.5, 0.6) is 0 Å². The van der Waals surface area contributed by atoms with Crippen LogP contribution < -0.4 is 0 Å². The Morgan fingerprint density at radius 2 is 1.79 bits per heavy atom. The molecule has 0 heterocycles. The molecule has 0 saturated carbocycles. The van der Waals surface area contributed by atoms with Crippen LogP contribution in [0.3, 0.4) is 0 Å². The topological polar surface area (TPSA) is 20.2 Å². The van der Waals surface area contributed by atoms with Gasteiger partial charge in [0.1, 0.15) is 5.82 Å². The van der Waals surface area contributed by atoms with Crippen molar-refractivity contribution in [3.63, 3.8) is 0 Å². The quantitative estimate of drug-likeness (QED) is 0.739. The molecule has 0 aliphatic carbocycles. The van der Waals surface area contributed by atoms with E-state index in [4.69, 9.17) is 5.11 Å². The van der Waals surface area contributed by atoms with E-state index in [-0.39, 0.29) is 5.56 Å². The summed E-state index contributed by atoms with van der Waals surface area (Å²) in [6.07, 6.45) is -7.97. The number of rotatable bonds is 2. The first-order valence-electron chi connectivity index (χ1n) is 3.89. The highest BCUT2D eigenvalue weighted by atomic mass is 19.4. The molecule has 1 atom stereocenters. The SMILES string of the molecule is O[C@@H](Cc1ccccc1F)C(F)(F)F. The highest BCUT2D eigenvalue weighted by Gasteiger charge is 2.38. The third-order valence-corrected chi connectivity index (χ3v) is 1.75. The number of aliphatic hydroxyl groups excluding tert-OH is 1. The number of alkyl halides is 3. The molecule has 0 aliphatic heterocycles. The third kappa shape index (κ3) is 2.70. The van der Waals surface area contributed by atoms with Crippen molar-refractivity contribution < 1.29 is 22.7 Å². The molecule has 0 radical (unpaired) electrons. The van der Waals surface area contributed by atoms with Gasteiger partial charge in [-0.15, -0.1) is 0 Å². The molecule has 0 spiro atoms. The van der Waals surface area contributed by atoms with Gasteiger partial charge in [-0.05, 0) is 11.6 Å². The van der Waals surface area contributed by atoms with E-state index in [1.54, 1.807) is 0 Å². The number of benzene rings is 1. The molecular weight excluding hydrogens is 200 g/mol. The predicted octanol–water partition coefficient (Wildman–Crippen LogP) is 2.29. The molecule has 0 amide bonds. The summed E-state index contributed by atoms with van der Waals surface area (Å²) in [5.74, 6) is -0.740. The molecule has 0 fully saturated rings. The van der Waals surface area contributed by atoms with E-state index < -0.39 is 24.5 Å². The van der Waals surface area contributed by atoms with E-state index in [0.717, 1.165) is 6.07 Å². The van der Waals surface area contributed by atoms with Crippen molar-refractivity contribution in [2.24, 2.45) is 0 Å². The summed E-state index contributed by atoms with van der Waals surface area (Å²) in [6.45, 7) is 0. The lowest BCUT2D eigenvalue weighted by Gasteiger charge is -2.14. The molecule has 0 bridgehead atoms. The van der Waals surface area contributed by atoms with Crippen molar-refractivity contribution in [1.82, 2.24) is 0 Å². The first kappa shape index (κ1) is 11.0. The maximum absolute atomic E-state index is 12.9. The normalized spacial score (nSPS) is 14.1. The monoisotopic (exact) mass is 208 g/mol. The van der Waals surface area contributed by atoms with Crippen LogP contribution in [0.1, 0.15) is 5.56 Å². The van der Waals surface area contributed by atoms with Gasteiger partial charge in [-0.2, -0.15) is 13.2 Å². The van der Waals surface area contributed by atoms with Crippen molar-refractivity contribution in [3.8, 4) is 0 Å². The van der Waals surface area contributed by atoms with Gasteiger partial charge in [0.05, 0.1) is 0 Å². The van der Waals surface area contributed by atoms with Crippen LogP contribution in [0.25, 0.3) is 0 Å². The highest BCUT2D eigenvalue weighted by molar-refractivity contribution is 5.18. The van der Waals surface area contributed by atoms with Crippen molar-refractivity contribution >= 4 is 0 Å². The minimum absolute atomic E-state index is 0.141. The van der Waals surface area contributed by atoms with Crippen molar-refractivity contribution in [1.29, 1.82) is 0 Å². The summed E-state index contributed by atoms with van der Waals surface area (Å²) in [6, 6.07) is 5.06. The first-order chi connectivity index (χ1) is 6.41. The van der Waals surface area contributed by atoms with Gasteiger partial charge in [0.15, 0.2) is 6.10 Å². The van der Waals surface area contributed by atoms with Crippen molar-refractivity contribution in [3.05, 3.63) is 35.6 Å². The van der Waals surface area contributed by atoms with E-state index in [9.17, 15) is 17.6 Å². The van der Waals surface area contributed by atoms with Crippen LogP contribution in [-0.2, 0) is 6.42 Å². The largest absolute Gasteiger partial charge is 0.414 e. The van der Waals surface area contributed by atoms with Crippen LogP contribution >= 0.6 is 0 Å². The molecule has 1 N–H and O–H groups in total. The molecule has 1 aromatic rings. The Bertz CT molecular complexity index is 308. The Morgan fingerprint density at radius 1 is 1.21 bits per heavy atom. The smallest absolute Gasteiger partial charge is 0.383 e. The summed E-state index contributed by atoms with van der Waals surface area (Å²) in [5.41, 5.74) is -0.141. The molecule has 78 valence electrons. The van der Waals surface area contributed by atoms with Crippen LogP contribution in [0.15, 0.2) is 24.3 Å². The minimum atomic E-state index is -4.71. The summed E-state index contributed by atoms with van der Waals surface area (Å²) >= 11 is 0. The molecule has 0 aliphatic rings. The molecule has 0 unspecified atom stereocenters. The fourth-order valence-corrected chi connectivity index (χ4v) is 0.988. The molecule has 0 saturated heterocycles. The van der Waals surface area contributed by atoms with Gasteiger partial charge in [-0.1, -0.05) is 18.2 Å². The Labute approximate surface area is 78.0 Å². The van der Waals surface area contributed by atoms with Crippen molar-refractivity contribution in [2.45, 2.75) is 18.7 Å². The average Bonchev–Trinajstić information content (AvgIpc) is 2.07. The van der Waals surface area contributed by atoms with Gasteiger partial charge >= 0.3 is 6.18 Å². The lowest BCUT2D eigenvalue weighted by Crippen LogP contribution is -2.30. The van der Waals surface area contributed by atoms with Gasteiger partial charge in [-0.3, -0.25) is 0 Å². The molecule has 0 aromatic heterocycles. The highest BCUT2D eigenvalue weighted by Crippen LogP contribution is 2.23. The van der Waals surface area contributed by atoms with Gasteiger partial charge in [0.2, 0.25) is 0 Å². The molecule has 1 nitrogen and oxygen atoms in total. The summed E-state index contributed by atoms with van der Waals surface area (Å²) < 4.78 is 48.5.